The van der Waals surface area contributed by atoms with E-state index in [2.05, 4.69) is 15.3 Å². The third kappa shape index (κ3) is 4.38. The molecule has 0 aliphatic carbocycles. The Morgan fingerprint density at radius 1 is 1.22 bits per heavy atom. The van der Waals surface area contributed by atoms with Gasteiger partial charge >= 0.3 is 0 Å². The van der Waals surface area contributed by atoms with Crippen LogP contribution >= 0.6 is 23.4 Å². The van der Waals surface area contributed by atoms with Crippen LogP contribution in [0.5, 0.6) is 5.75 Å². The van der Waals surface area contributed by atoms with Gasteiger partial charge in [-0.15, -0.1) is 0 Å². The molecule has 0 saturated heterocycles. The summed E-state index contributed by atoms with van der Waals surface area (Å²) in [4.78, 5) is 20.9. The molecule has 32 heavy (non-hydrogen) atoms. The first-order chi connectivity index (χ1) is 15.3. The van der Waals surface area contributed by atoms with Crippen LogP contribution in [0.4, 0.5) is 11.4 Å². The molecule has 2 aromatic carbocycles. The van der Waals surface area contributed by atoms with Crippen LogP contribution < -0.4 is 14.4 Å². The van der Waals surface area contributed by atoms with Crippen molar-refractivity contribution in [2.75, 3.05) is 29.0 Å². The molecule has 0 fully saturated rings. The van der Waals surface area contributed by atoms with Gasteiger partial charge in [-0.2, -0.15) is 0 Å². The van der Waals surface area contributed by atoms with Crippen LogP contribution in [0.15, 0.2) is 58.7 Å². The minimum Gasteiger partial charge on any atom is -0.494 e. The number of anilines is 2. The summed E-state index contributed by atoms with van der Waals surface area (Å²) in [6.07, 6.45) is 1.28. The van der Waals surface area contributed by atoms with E-state index in [1.165, 1.54) is 13.2 Å². The zero-order chi connectivity index (χ0) is 22.9. The SMILES string of the molecule is CCOc1ccc(NC(=O)CSc2ncc3c(n2)-c2ccc(Cl)cc2N(C)S3(=O)=O)cc1. The molecule has 2 heterocycles. The molecular weight excluding hydrogens is 472 g/mol. The van der Waals surface area contributed by atoms with Gasteiger partial charge in [-0.3, -0.25) is 9.10 Å². The summed E-state index contributed by atoms with van der Waals surface area (Å²) in [5.74, 6) is 0.552. The van der Waals surface area contributed by atoms with Crippen molar-refractivity contribution in [2.24, 2.45) is 0 Å². The second-order valence-corrected chi connectivity index (χ2v) is 10.1. The predicted octanol–water partition coefficient (Wildman–Crippen LogP) is 4.07. The minimum atomic E-state index is -3.80. The van der Waals surface area contributed by atoms with Crippen molar-refractivity contribution in [3.05, 3.63) is 53.7 Å². The molecular formula is C21H19ClN4O4S2. The third-order valence-corrected chi connectivity index (χ3v) is 7.58. The van der Waals surface area contributed by atoms with Crippen molar-refractivity contribution in [1.29, 1.82) is 0 Å². The molecule has 0 radical (unpaired) electrons. The summed E-state index contributed by atoms with van der Waals surface area (Å²) in [5, 5.41) is 3.51. The number of halogens is 1. The maximum absolute atomic E-state index is 12.8. The lowest BCUT2D eigenvalue weighted by Crippen LogP contribution is -2.31. The number of carbonyl (C=O) groups excluding carboxylic acids is 1. The summed E-state index contributed by atoms with van der Waals surface area (Å²) in [7, 11) is -2.34. The number of amides is 1. The smallest absolute Gasteiger partial charge is 0.267 e. The zero-order valence-corrected chi connectivity index (χ0v) is 19.6. The summed E-state index contributed by atoms with van der Waals surface area (Å²) in [6, 6.07) is 12.0. The molecule has 3 aromatic rings. The molecule has 166 valence electrons. The Hall–Kier alpha value is -2.82. The van der Waals surface area contributed by atoms with E-state index in [1.54, 1.807) is 42.5 Å². The molecule has 1 N–H and O–H groups in total. The maximum Gasteiger partial charge on any atom is 0.267 e. The van der Waals surface area contributed by atoms with Crippen LogP contribution in [0.25, 0.3) is 11.3 Å². The van der Waals surface area contributed by atoms with Gasteiger partial charge < -0.3 is 10.1 Å². The van der Waals surface area contributed by atoms with E-state index in [9.17, 15) is 13.2 Å². The first kappa shape index (κ1) is 22.4. The van der Waals surface area contributed by atoms with Gasteiger partial charge in [-0.05, 0) is 49.4 Å². The Kier molecular flexibility index (Phi) is 6.27. The second-order valence-electron chi connectivity index (χ2n) is 6.79. The molecule has 4 rings (SSSR count). The summed E-state index contributed by atoms with van der Waals surface area (Å²) in [6.45, 7) is 2.47. The van der Waals surface area contributed by atoms with E-state index >= 15 is 0 Å². The van der Waals surface area contributed by atoms with Gasteiger partial charge in [-0.1, -0.05) is 23.4 Å². The first-order valence-electron chi connectivity index (χ1n) is 9.61. The van der Waals surface area contributed by atoms with Gasteiger partial charge in [0.1, 0.15) is 10.6 Å². The molecule has 1 aliphatic rings. The summed E-state index contributed by atoms with van der Waals surface area (Å²) < 4.78 is 32.2. The minimum absolute atomic E-state index is 0.0120. The summed E-state index contributed by atoms with van der Waals surface area (Å²) >= 11 is 7.18. The van der Waals surface area contributed by atoms with E-state index in [4.69, 9.17) is 16.3 Å². The second kappa shape index (κ2) is 8.97. The van der Waals surface area contributed by atoms with Crippen molar-refractivity contribution in [1.82, 2.24) is 9.97 Å². The number of carbonyl (C=O) groups is 1. The van der Waals surface area contributed by atoms with Gasteiger partial charge in [0, 0.05) is 23.3 Å². The molecule has 0 atom stereocenters. The third-order valence-electron chi connectivity index (χ3n) is 4.71. The lowest BCUT2D eigenvalue weighted by molar-refractivity contribution is -0.113. The molecule has 0 bridgehead atoms. The number of rotatable bonds is 6. The Balaban J connectivity index is 1.51. The van der Waals surface area contributed by atoms with Gasteiger partial charge in [0.05, 0.1) is 29.9 Å². The van der Waals surface area contributed by atoms with Gasteiger partial charge in [0.15, 0.2) is 5.16 Å². The Bertz CT molecular complexity index is 1280. The Morgan fingerprint density at radius 2 is 1.97 bits per heavy atom. The molecule has 1 aromatic heterocycles. The highest BCUT2D eigenvalue weighted by atomic mass is 35.5. The van der Waals surface area contributed by atoms with Gasteiger partial charge in [0.25, 0.3) is 10.0 Å². The quantitative estimate of drug-likeness (QED) is 0.410. The van der Waals surface area contributed by atoms with Crippen LogP contribution in [-0.4, -0.2) is 43.7 Å². The topological polar surface area (TPSA) is 101 Å². The molecule has 11 heteroatoms. The van der Waals surface area contributed by atoms with Crippen molar-refractivity contribution in [2.45, 2.75) is 17.0 Å². The normalized spacial score (nSPS) is 13.8. The zero-order valence-electron chi connectivity index (χ0n) is 17.2. The highest BCUT2D eigenvalue weighted by molar-refractivity contribution is 7.99. The number of sulfonamides is 1. The maximum atomic E-state index is 12.8. The van der Waals surface area contributed by atoms with Crippen LogP contribution in [-0.2, 0) is 14.8 Å². The molecule has 1 amide bonds. The first-order valence-corrected chi connectivity index (χ1v) is 12.4. The number of aromatic nitrogens is 2. The number of nitrogens with zero attached hydrogens (tertiary/aromatic N) is 3. The Morgan fingerprint density at radius 3 is 2.69 bits per heavy atom. The lowest BCUT2D eigenvalue weighted by atomic mass is 10.1. The van der Waals surface area contributed by atoms with E-state index in [0.717, 1.165) is 21.8 Å². The molecule has 0 saturated carbocycles. The monoisotopic (exact) mass is 490 g/mol. The number of hydrogen-bond acceptors (Lipinski definition) is 7. The average Bonchev–Trinajstić information content (AvgIpc) is 2.77. The fourth-order valence-corrected chi connectivity index (χ4v) is 5.25. The van der Waals surface area contributed by atoms with E-state index < -0.39 is 10.0 Å². The average molecular weight is 491 g/mol. The standard InChI is InChI=1S/C21H19ClN4O4S2/c1-3-30-15-7-5-14(6-8-15)24-19(27)12-31-21-23-11-18-20(25-21)16-9-4-13(22)10-17(16)26(2)32(18,28)29/h4-11H,3,12H2,1-2H3,(H,24,27). The molecule has 0 spiro atoms. The van der Waals surface area contributed by atoms with Crippen molar-refractivity contribution < 1.29 is 17.9 Å². The van der Waals surface area contributed by atoms with Crippen molar-refractivity contribution in [3.8, 4) is 17.0 Å². The van der Waals surface area contributed by atoms with Crippen LogP contribution in [0, 0.1) is 0 Å². The molecule has 1 aliphatic heterocycles. The number of fused-ring (bicyclic) bond motifs is 3. The fraction of sp³-hybridized carbons (Fsp3) is 0.190. The fourth-order valence-electron chi connectivity index (χ4n) is 3.18. The van der Waals surface area contributed by atoms with Crippen LogP contribution in [0.3, 0.4) is 0 Å². The highest BCUT2D eigenvalue weighted by Gasteiger charge is 2.34. The van der Waals surface area contributed by atoms with E-state index in [-0.39, 0.29) is 16.6 Å². The lowest BCUT2D eigenvalue weighted by Gasteiger charge is -2.28. The predicted molar refractivity (Wildman–Crippen MR) is 125 cm³/mol. The van der Waals surface area contributed by atoms with Crippen LogP contribution in [0.2, 0.25) is 5.02 Å². The largest absolute Gasteiger partial charge is 0.494 e. The number of benzene rings is 2. The van der Waals surface area contributed by atoms with Gasteiger partial charge in [-0.25, -0.2) is 18.4 Å². The van der Waals surface area contributed by atoms with Crippen molar-refractivity contribution >= 4 is 50.7 Å². The molecule has 8 nitrogen and oxygen atoms in total. The highest BCUT2D eigenvalue weighted by Crippen LogP contribution is 2.42. The van der Waals surface area contributed by atoms with Crippen LogP contribution in [0.1, 0.15) is 6.92 Å². The number of nitrogens with one attached hydrogen (secondary N) is 1. The Labute approximate surface area is 195 Å². The van der Waals surface area contributed by atoms with Gasteiger partial charge in [0.2, 0.25) is 5.91 Å². The number of ether oxygens (including phenoxy) is 1. The van der Waals surface area contributed by atoms with E-state index in [0.29, 0.717) is 39.4 Å². The van der Waals surface area contributed by atoms with E-state index in [1.807, 2.05) is 6.92 Å². The van der Waals surface area contributed by atoms with Crippen molar-refractivity contribution in [3.63, 3.8) is 0 Å². The number of hydrogen-bond donors (Lipinski definition) is 1. The molecule has 0 unspecified atom stereocenters. The number of thioether (sulfide) groups is 1. The summed E-state index contributed by atoms with van der Waals surface area (Å²) in [5.41, 5.74) is 2.00.